The molecule has 0 amide bonds. The first-order valence-electron chi connectivity index (χ1n) is 7.72. The molecule has 0 bridgehead atoms. The van der Waals surface area contributed by atoms with Crippen LogP contribution in [0, 0.1) is 13.8 Å². The van der Waals surface area contributed by atoms with Crippen molar-refractivity contribution in [2.75, 3.05) is 25.1 Å². The lowest BCUT2D eigenvalue weighted by molar-refractivity contribution is -0.145. The van der Waals surface area contributed by atoms with E-state index in [2.05, 4.69) is 42.3 Å². The number of nitrogens with one attached hydrogen (secondary N) is 1. The maximum Gasteiger partial charge on any atom is 0.324 e. The van der Waals surface area contributed by atoms with Gasteiger partial charge in [-0.15, -0.1) is 0 Å². The Kier molecular flexibility index (Phi) is 5.23. The van der Waals surface area contributed by atoms with Gasteiger partial charge < -0.3 is 15.0 Å². The molecule has 1 aliphatic rings. The number of rotatable bonds is 7. The fraction of sp³-hybridized carbons (Fsp3) is 0.588. The van der Waals surface area contributed by atoms with Crippen molar-refractivity contribution in [1.82, 2.24) is 5.32 Å². The van der Waals surface area contributed by atoms with Crippen LogP contribution in [-0.4, -0.2) is 38.3 Å². The van der Waals surface area contributed by atoms with Crippen molar-refractivity contribution in [3.63, 3.8) is 0 Å². The van der Waals surface area contributed by atoms with Crippen LogP contribution in [0.4, 0.5) is 5.69 Å². The average molecular weight is 290 g/mol. The van der Waals surface area contributed by atoms with Crippen LogP contribution in [0.2, 0.25) is 0 Å². The van der Waals surface area contributed by atoms with Crippen molar-refractivity contribution in [2.24, 2.45) is 0 Å². The Bertz CT molecular complexity index is 498. The first kappa shape index (κ1) is 15.8. The lowest BCUT2D eigenvalue weighted by Crippen LogP contribution is -2.47. The Hall–Kier alpha value is -1.55. The molecule has 0 saturated heterocycles. The summed E-state index contributed by atoms with van der Waals surface area (Å²) in [5.41, 5.74) is 3.64. The molecule has 21 heavy (non-hydrogen) atoms. The molecule has 0 spiro atoms. The van der Waals surface area contributed by atoms with Gasteiger partial charge in [0.05, 0.1) is 6.61 Å². The molecule has 0 heterocycles. The maximum absolute atomic E-state index is 12.1. The number of likely N-dealkylation sites (N-methyl/N-ethyl adjacent to an activating group) is 1. The Morgan fingerprint density at radius 3 is 2.71 bits per heavy atom. The second-order valence-corrected chi connectivity index (χ2v) is 5.92. The predicted molar refractivity (Wildman–Crippen MR) is 85.8 cm³/mol. The average Bonchev–Trinajstić information content (AvgIpc) is 3.22. The Labute approximate surface area is 127 Å². The summed E-state index contributed by atoms with van der Waals surface area (Å²) in [6, 6.07) is 6.60. The summed E-state index contributed by atoms with van der Waals surface area (Å²) in [6.45, 7) is 7.09. The smallest absolute Gasteiger partial charge is 0.324 e. The normalized spacial score (nSPS) is 15.6. The van der Waals surface area contributed by atoms with Crippen molar-refractivity contribution >= 4 is 11.7 Å². The quantitative estimate of drug-likeness (QED) is 0.783. The summed E-state index contributed by atoms with van der Waals surface area (Å²) in [5.74, 6) is -0.152. The van der Waals surface area contributed by atoms with E-state index in [1.165, 1.54) is 11.1 Å². The fourth-order valence-corrected chi connectivity index (χ4v) is 2.58. The van der Waals surface area contributed by atoms with Crippen LogP contribution >= 0.6 is 0 Å². The lowest BCUT2D eigenvalue weighted by Gasteiger charge is -2.27. The second-order valence-electron chi connectivity index (χ2n) is 5.92. The number of hydrogen-bond donors (Lipinski definition) is 1. The standard InChI is InChI=1S/C17H26N2O2/c1-5-21-17(20)15(18-14-7-8-14)11-19(4)16-9-6-12(2)10-13(16)3/h6,9-10,14-15,18H,5,7-8,11H2,1-4H3. The van der Waals surface area contributed by atoms with Crippen LogP contribution in [0.5, 0.6) is 0 Å². The third-order valence-corrected chi connectivity index (χ3v) is 3.81. The van der Waals surface area contributed by atoms with E-state index in [0.29, 0.717) is 19.2 Å². The lowest BCUT2D eigenvalue weighted by atomic mass is 10.1. The van der Waals surface area contributed by atoms with E-state index in [1.807, 2.05) is 14.0 Å². The van der Waals surface area contributed by atoms with E-state index >= 15 is 0 Å². The molecule has 2 rings (SSSR count). The molecule has 1 N–H and O–H groups in total. The van der Waals surface area contributed by atoms with Gasteiger partial charge in [0, 0.05) is 25.3 Å². The van der Waals surface area contributed by atoms with Crippen molar-refractivity contribution < 1.29 is 9.53 Å². The molecule has 4 nitrogen and oxygen atoms in total. The van der Waals surface area contributed by atoms with E-state index in [-0.39, 0.29) is 12.0 Å². The van der Waals surface area contributed by atoms with Crippen molar-refractivity contribution in [2.45, 2.75) is 45.7 Å². The molecular weight excluding hydrogens is 264 g/mol. The van der Waals surface area contributed by atoms with Gasteiger partial charge in [0.15, 0.2) is 0 Å². The zero-order valence-corrected chi connectivity index (χ0v) is 13.5. The van der Waals surface area contributed by atoms with Crippen LogP contribution in [0.15, 0.2) is 18.2 Å². The molecule has 1 aromatic carbocycles. The molecule has 0 radical (unpaired) electrons. The van der Waals surface area contributed by atoms with E-state index in [1.54, 1.807) is 0 Å². The highest BCUT2D eigenvalue weighted by atomic mass is 16.5. The largest absolute Gasteiger partial charge is 0.465 e. The number of ether oxygens (including phenoxy) is 1. The van der Waals surface area contributed by atoms with Gasteiger partial charge in [0.1, 0.15) is 6.04 Å². The SMILES string of the molecule is CCOC(=O)C(CN(C)c1ccc(C)cc1C)NC1CC1. The highest BCUT2D eigenvalue weighted by Crippen LogP contribution is 2.22. The summed E-state index contributed by atoms with van der Waals surface area (Å²) in [4.78, 5) is 14.2. The molecule has 0 aromatic heterocycles. The third kappa shape index (κ3) is 4.46. The number of anilines is 1. The van der Waals surface area contributed by atoms with Crippen LogP contribution in [0.3, 0.4) is 0 Å². The molecule has 1 fully saturated rings. The van der Waals surface area contributed by atoms with Gasteiger partial charge in [-0.25, -0.2) is 0 Å². The number of hydrogen-bond acceptors (Lipinski definition) is 4. The third-order valence-electron chi connectivity index (χ3n) is 3.81. The second kappa shape index (κ2) is 6.94. The number of benzene rings is 1. The first-order valence-corrected chi connectivity index (χ1v) is 7.72. The molecule has 1 atom stereocenters. The van der Waals surface area contributed by atoms with Crippen LogP contribution in [-0.2, 0) is 9.53 Å². The summed E-state index contributed by atoms with van der Waals surface area (Å²) in [6.07, 6.45) is 2.31. The minimum Gasteiger partial charge on any atom is -0.465 e. The number of esters is 1. The van der Waals surface area contributed by atoms with Gasteiger partial charge in [0.25, 0.3) is 0 Å². The number of carbonyl (C=O) groups is 1. The van der Waals surface area contributed by atoms with Crippen LogP contribution in [0.1, 0.15) is 30.9 Å². The first-order chi connectivity index (χ1) is 10.0. The van der Waals surface area contributed by atoms with E-state index in [4.69, 9.17) is 4.74 Å². The Balaban J connectivity index is 2.05. The van der Waals surface area contributed by atoms with Gasteiger partial charge >= 0.3 is 5.97 Å². The monoisotopic (exact) mass is 290 g/mol. The van der Waals surface area contributed by atoms with E-state index in [9.17, 15) is 4.79 Å². The molecule has 0 aliphatic heterocycles. The molecule has 1 saturated carbocycles. The van der Waals surface area contributed by atoms with Crippen molar-refractivity contribution in [3.8, 4) is 0 Å². The summed E-state index contributed by atoms with van der Waals surface area (Å²) in [5, 5.41) is 3.39. The molecule has 1 aromatic rings. The number of carbonyl (C=O) groups excluding carboxylic acids is 1. The van der Waals surface area contributed by atoms with Crippen molar-refractivity contribution in [3.05, 3.63) is 29.3 Å². The Morgan fingerprint density at radius 2 is 2.14 bits per heavy atom. The van der Waals surface area contributed by atoms with Gasteiger partial charge in [-0.3, -0.25) is 4.79 Å². The summed E-state index contributed by atoms with van der Waals surface area (Å²) < 4.78 is 5.19. The van der Waals surface area contributed by atoms with Gasteiger partial charge in [0.2, 0.25) is 0 Å². The van der Waals surface area contributed by atoms with Gasteiger partial charge in [-0.05, 0) is 45.2 Å². The maximum atomic E-state index is 12.1. The van der Waals surface area contributed by atoms with E-state index < -0.39 is 0 Å². The zero-order valence-electron chi connectivity index (χ0n) is 13.5. The number of nitrogens with zero attached hydrogens (tertiary/aromatic N) is 1. The topological polar surface area (TPSA) is 41.6 Å². The molecule has 116 valence electrons. The van der Waals surface area contributed by atoms with Crippen molar-refractivity contribution in [1.29, 1.82) is 0 Å². The van der Waals surface area contributed by atoms with Crippen LogP contribution in [0.25, 0.3) is 0 Å². The molecule has 4 heteroatoms. The highest BCUT2D eigenvalue weighted by molar-refractivity contribution is 5.77. The summed E-state index contributed by atoms with van der Waals surface area (Å²) >= 11 is 0. The molecular formula is C17H26N2O2. The highest BCUT2D eigenvalue weighted by Gasteiger charge is 2.30. The molecule has 1 aliphatic carbocycles. The minimum atomic E-state index is -0.261. The Morgan fingerprint density at radius 1 is 1.43 bits per heavy atom. The number of aryl methyl sites for hydroxylation is 2. The minimum absolute atomic E-state index is 0.152. The van der Waals surface area contributed by atoms with Crippen LogP contribution < -0.4 is 10.2 Å². The van der Waals surface area contributed by atoms with Gasteiger partial charge in [-0.1, -0.05) is 17.7 Å². The van der Waals surface area contributed by atoms with E-state index in [0.717, 1.165) is 18.5 Å². The predicted octanol–water partition coefficient (Wildman–Crippen LogP) is 2.42. The van der Waals surface area contributed by atoms with Gasteiger partial charge in [-0.2, -0.15) is 0 Å². The zero-order chi connectivity index (χ0) is 15.4. The summed E-state index contributed by atoms with van der Waals surface area (Å²) in [7, 11) is 2.03. The molecule has 1 unspecified atom stereocenters. The fourth-order valence-electron chi connectivity index (χ4n) is 2.58.